The Bertz CT molecular complexity index is 1720. The van der Waals surface area contributed by atoms with Gasteiger partial charge in [-0.15, -0.1) is 4.52 Å². The zero-order valence-corrected chi connectivity index (χ0v) is 29.2. The molecule has 0 spiro atoms. The van der Waals surface area contributed by atoms with Gasteiger partial charge in [0.25, 0.3) is 8.32 Å². The summed E-state index contributed by atoms with van der Waals surface area (Å²) in [7, 11) is -5.37. The fourth-order valence-corrected chi connectivity index (χ4v) is 11.6. The fraction of sp³-hybridized carbons (Fsp3) is 0.289. The highest BCUT2D eigenvalue weighted by Crippen LogP contribution is 2.39. The van der Waals surface area contributed by atoms with Gasteiger partial charge in [-0.1, -0.05) is 117 Å². The number of hydrogen-bond donors (Lipinski definition) is 1. The zero-order chi connectivity index (χ0) is 33.5. The summed E-state index contributed by atoms with van der Waals surface area (Å²) in [5.41, 5.74) is 5.11. The van der Waals surface area contributed by atoms with Gasteiger partial charge in [0.05, 0.1) is 6.42 Å². The lowest BCUT2D eigenvalue weighted by molar-refractivity contribution is -0.138. The summed E-state index contributed by atoms with van der Waals surface area (Å²) in [6, 6.07) is 28.9. The van der Waals surface area contributed by atoms with Crippen molar-refractivity contribution >= 4 is 32.7 Å². The van der Waals surface area contributed by atoms with E-state index in [0.29, 0.717) is 5.56 Å². The molecule has 46 heavy (non-hydrogen) atoms. The van der Waals surface area contributed by atoms with E-state index in [1.165, 1.54) is 6.07 Å². The molecule has 0 aliphatic carbocycles. The van der Waals surface area contributed by atoms with Crippen LogP contribution >= 0.6 is 8.03 Å². The Morgan fingerprint density at radius 1 is 0.913 bits per heavy atom. The van der Waals surface area contributed by atoms with Crippen LogP contribution in [0.15, 0.2) is 91.0 Å². The number of hydrogen-bond acceptors (Lipinski definition) is 4. The van der Waals surface area contributed by atoms with Crippen molar-refractivity contribution in [3.05, 3.63) is 119 Å². The summed E-state index contributed by atoms with van der Waals surface area (Å²) in [6.45, 7) is 11.9. The lowest BCUT2D eigenvalue weighted by Crippen LogP contribution is -2.68. The fourth-order valence-electron chi connectivity index (χ4n) is 5.90. The minimum absolute atomic E-state index is 0.0858. The maximum Gasteiger partial charge on any atom is 0.511 e. The molecule has 8 heteroatoms. The lowest BCUT2D eigenvalue weighted by atomic mass is 9.93. The minimum atomic E-state index is -3.08. The van der Waals surface area contributed by atoms with E-state index < -0.39 is 28.4 Å². The average Bonchev–Trinajstić information content (AvgIpc) is 3.00. The first kappa shape index (κ1) is 34.9. The van der Waals surface area contributed by atoms with Gasteiger partial charge < -0.3 is 9.53 Å². The normalized spacial score (nSPS) is 12.6. The van der Waals surface area contributed by atoms with Crippen molar-refractivity contribution in [3.63, 3.8) is 0 Å². The van der Waals surface area contributed by atoms with Crippen LogP contribution in [0.1, 0.15) is 49.4 Å². The van der Waals surface area contributed by atoms with Crippen LogP contribution in [0.25, 0.3) is 11.1 Å². The molecule has 0 bridgehead atoms. The Hall–Kier alpha value is -3.92. The average molecular weight is 656 g/mol. The van der Waals surface area contributed by atoms with E-state index in [0.717, 1.165) is 38.2 Å². The summed E-state index contributed by atoms with van der Waals surface area (Å²) < 4.78 is 39.9. The van der Waals surface area contributed by atoms with E-state index >= 15 is 0 Å². The quantitative estimate of drug-likeness (QED) is 0.101. The molecule has 0 saturated heterocycles. The number of carboxylic acids is 1. The highest BCUT2D eigenvalue weighted by molar-refractivity contribution is 7.39. The minimum Gasteiger partial charge on any atom is -0.481 e. The van der Waals surface area contributed by atoms with Crippen molar-refractivity contribution in [1.82, 2.24) is 0 Å². The highest BCUT2D eigenvalue weighted by atomic mass is 31.1. The van der Waals surface area contributed by atoms with Gasteiger partial charge in [-0.05, 0) is 75.1 Å². The van der Waals surface area contributed by atoms with E-state index in [1.807, 2.05) is 86.6 Å². The van der Waals surface area contributed by atoms with Gasteiger partial charge in [-0.25, -0.2) is 4.39 Å². The molecule has 1 N–H and O–H groups in total. The lowest BCUT2D eigenvalue weighted by Gasteiger charge is -2.44. The molecule has 0 radical (unpaired) electrons. The van der Waals surface area contributed by atoms with Crippen molar-refractivity contribution in [1.29, 1.82) is 0 Å². The molecule has 5 nitrogen and oxygen atoms in total. The maximum absolute atomic E-state index is 14.0. The van der Waals surface area contributed by atoms with Crippen LogP contribution in [0.4, 0.5) is 4.39 Å². The largest absolute Gasteiger partial charge is 0.511 e. The van der Waals surface area contributed by atoms with Crippen molar-refractivity contribution < 1.29 is 27.8 Å². The number of benzene rings is 4. The summed E-state index contributed by atoms with van der Waals surface area (Å²) in [5, 5.41) is 11.5. The first-order valence-corrected chi connectivity index (χ1v) is 18.5. The molecule has 0 amide bonds. The number of halogens is 1. The summed E-state index contributed by atoms with van der Waals surface area (Å²) in [5.74, 6) is 4.85. The first-order valence-electron chi connectivity index (χ1n) is 15.3. The maximum atomic E-state index is 14.0. The Labute approximate surface area is 273 Å². The molecule has 0 aromatic heterocycles. The standard InChI is InChI=1S/C38H40FO5PSi/c1-27-22-28(2)34(35(23-27)30-19-20-36(39)29(3)24-30)18-13-21-43-45(42)26-31(25-37(40)41)44-46(38(4,5)6,32-14-9-7-10-15-32)33-16-11-8-12-17-33/h7-12,14-17,19-20,22-24,31H,21,25-26H2,1-6H3/p+1. The van der Waals surface area contributed by atoms with Gasteiger partial charge in [0.1, 0.15) is 11.9 Å². The Morgan fingerprint density at radius 2 is 1.52 bits per heavy atom. The van der Waals surface area contributed by atoms with Crippen LogP contribution < -0.4 is 10.4 Å². The summed E-state index contributed by atoms with van der Waals surface area (Å²) in [4.78, 5) is 12.0. The molecule has 0 heterocycles. The Balaban J connectivity index is 1.58. The number of carbonyl (C=O) groups is 1. The smallest absolute Gasteiger partial charge is 0.481 e. The molecule has 4 aromatic carbocycles. The molecule has 4 rings (SSSR count). The Kier molecular flexibility index (Phi) is 11.5. The van der Waals surface area contributed by atoms with Gasteiger partial charge in [0, 0.05) is 5.56 Å². The van der Waals surface area contributed by atoms with Crippen molar-refractivity contribution in [2.24, 2.45) is 0 Å². The highest BCUT2D eigenvalue weighted by Gasteiger charge is 2.52. The molecular weight excluding hydrogens is 614 g/mol. The van der Waals surface area contributed by atoms with E-state index in [1.54, 1.807) is 19.1 Å². The number of aryl methyl sites for hydroxylation is 3. The zero-order valence-electron chi connectivity index (χ0n) is 27.3. The van der Waals surface area contributed by atoms with Crippen molar-refractivity contribution in [2.75, 3.05) is 12.8 Å². The van der Waals surface area contributed by atoms with E-state index in [4.69, 9.17) is 8.95 Å². The number of aliphatic carboxylic acids is 1. The van der Waals surface area contributed by atoms with Crippen LogP contribution in [-0.4, -0.2) is 38.3 Å². The van der Waals surface area contributed by atoms with Crippen LogP contribution in [0, 0.1) is 38.4 Å². The number of rotatable bonds is 11. The van der Waals surface area contributed by atoms with E-state index in [2.05, 4.69) is 32.6 Å². The van der Waals surface area contributed by atoms with Crippen LogP contribution in [0.5, 0.6) is 0 Å². The third kappa shape index (κ3) is 8.26. The monoisotopic (exact) mass is 655 g/mol. The van der Waals surface area contributed by atoms with E-state index in [9.17, 15) is 18.9 Å². The second-order valence-corrected chi connectivity index (χ2v) is 18.1. The second-order valence-electron chi connectivity index (χ2n) is 12.6. The second kappa shape index (κ2) is 15.1. The number of carboxylic acid groups (broad SMARTS) is 1. The van der Waals surface area contributed by atoms with Gasteiger partial charge in [-0.2, -0.15) is 0 Å². The molecule has 2 atom stereocenters. The molecular formula is C38H41FO5PSi+. The van der Waals surface area contributed by atoms with Gasteiger partial charge in [-0.3, -0.25) is 4.79 Å². The molecule has 0 aliphatic rings. The molecule has 238 valence electrons. The predicted octanol–water partition coefficient (Wildman–Crippen LogP) is 7.95. The van der Waals surface area contributed by atoms with E-state index in [-0.39, 0.29) is 30.0 Å². The Morgan fingerprint density at radius 3 is 2.07 bits per heavy atom. The predicted molar refractivity (Wildman–Crippen MR) is 186 cm³/mol. The summed E-state index contributed by atoms with van der Waals surface area (Å²) >= 11 is 0. The first-order chi connectivity index (χ1) is 21.8. The van der Waals surface area contributed by atoms with Crippen molar-refractivity contribution in [2.45, 2.75) is 59.1 Å². The topological polar surface area (TPSA) is 72.8 Å². The SMILES string of the molecule is Cc1cc(C)c(C#CCO[P+](=O)CC(CC(=O)O)O[Si](c2ccccc2)(c2ccccc2)C(C)(C)C)c(-c2ccc(F)c(C)c2)c1. The molecule has 0 fully saturated rings. The third-order valence-corrected chi connectivity index (χ3v) is 14.2. The molecule has 0 saturated carbocycles. The van der Waals surface area contributed by atoms with Gasteiger partial charge >= 0.3 is 14.0 Å². The van der Waals surface area contributed by atoms with Crippen LogP contribution in [0.2, 0.25) is 5.04 Å². The van der Waals surface area contributed by atoms with Crippen LogP contribution in [0.3, 0.4) is 0 Å². The van der Waals surface area contributed by atoms with Crippen molar-refractivity contribution in [3.8, 4) is 23.0 Å². The molecule has 4 aromatic rings. The van der Waals surface area contributed by atoms with Gasteiger partial charge in [0.15, 0.2) is 6.61 Å². The van der Waals surface area contributed by atoms with Crippen LogP contribution in [-0.2, 0) is 18.3 Å². The van der Waals surface area contributed by atoms with Gasteiger partial charge in [0.2, 0.25) is 6.16 Å². The molecule has 2 unspecified atom stereocenters. The summed E-state index contributed by atoms with van der Waals surface area (Å²) in [6.07, 6.45) is -1.26. The third-order valence-electron chi connectivity index (χ3n) is 7.96. The molecule has 0 aliphatic heterocycles.